The second-order valence-electron chi connectivity index (χ2n) is 7.18. The number of hydrogen-bond donors (Lipinski definition) is 3. The van der Waals surface area contributed by atoms with E-state index in [-0.39, 0.29) is 28.2 Å². The molecule has 0 atom stereocenters. The van der Waals surface area contributed by atoms with Gasteiger partial charge in [0.1, 0.15) is 22.5 Å². The minimum Gasteiger partial charge on any atom is -0.504 e. The summed E-state index contributed by atoms with van der Waals surface area (Å²) in [4.78, 5) is 33.4. The number of ether oxygens (including phenoxy) is 1. The molecule has 0 unspecified atom stereocenters. The van der Waals surface area contributed by atoms with Crippen molar-refractivity contribution in [2.75, 3.05) is 0 Å². The lowest BCUT2D eigenvalue weighted by Gasteiger charge is -2.09. The van der Waals surface area contributed by atoms with Crippen LogP contribution in [-0.4, -0.2) is 31.3 Å². The van der Waals surface area contributed by atoms with E-state index in [4.69, 9.17) is 9.15 Å². The summed E-state index contributed by atoms with van der Waals surface area (Å²) in [5, 5.41) is 29.0. The Hall–Kier alpha value is -4.40. The van der Waals surface area contributed by atoms with Crippen molar-refractivity contribution in [2.24, 2.45) is 0 Å². The summed E-state index contributed by atoms with van der Waals surface area (Å²) >= 11 is 0. The average Bonchev–Trinajstić information content (AvgIpc) is 2.74. The number of aryl methyl sites for hydroxylation is 3. The number of benzene rings is 2. The van der Waals surface area contributed by atoms with E-state index < -0.39 is 28.6 Å². The largest absolute Gasteiger partial charge is 0.504 e. The van der Waals surface area contributed by atoms with E-state index in [0.29, 0.717) is 17.0 Å². The van der Waals surface area contributed by atoms with Gasteiger partial charge in [-0.2, -0.15) is 0 Å². The van der Waals surface area contributed by atoms with Crippen LogP contribution in [0.4, 0.5) is 0 Å². The van der Waals surface area contributed by atoms with E-state index in [0.717, 1.165) is 17.8 Å². The van der Waals surface area contributed by atoms with Crippen molar-refractivity contribution in [3.8, 4) is 34.3 Å². The number of rotatable bonds is 3. The third kappa shape index (κ3) is 3.60. The summed E-state index contributed by atoms with van der Waals surface area (Å²) < 4.78 is 11.0. The van der Waals surface area contributed by atoms with E-state index in [1.54, 1.807) is 32.9 Å². The van der Waals surface area contributed by atoms with Gasteiger partial charge in [0.25, 0.3) is 0 Å². The summed E-state index contributed by atoms with van der Waals surface area (Å²) in [6.45, 7) is 5.24. The third-order valence-electron chi connectivity index (χ3n) is 4.97. The highest BCUT2D eigenvalue weighted by Crippen LogP contribution is 2.40. The van der Waals surface area contributed by atoms with Crippen LogP contribution in [0.25, 0.3) is 22.3 Å². The Morgan fingerprint density at radius 1 is 0.906 bits per heavy atom. The number of hydrogen-bond acceptors (Lipinski definition) is 9. The molecule has 4 rings (SSSR count). The minimum atomic E-state index is -0.799. The van der Waals surface area contributed by atoms with E-state index in [2.05, 4.69) is 9.97 Å². The monoisotopic (exact) mass is 434 g/mol. The number of nitrogens with zero attached hydrogens (tertiary/aromatic N) is 2. The molecule has 0 bridgehead atoms. The van der Waals surface area contributed by atoms with Crippen LogP contribution < -0.4 is 10.2 Å². The Balaban J connectivity index is 1.64. The number of esters is 1. The Kier molecular flexibility index (Phi) is 5.01. The van der Waals surface area contributed by atoms with Crippen LogP contribution in [0, 0.1) is 20.8 Å². The lowest BCUT2D eigenvalue weighted by molar-refractivity contribution is 0.0727. The molecule has 0 fully saturated rings. The molecule has 2 aromatic heterocycles. The molecule has 162 valence electrons. The van der Waals surface area contributed by atoms with E-state index in [1.165, 1.54) is 12.1 Å². The molecule has 0 saturated carbocycles. The highest BCUT2D eigenvalue weighted by atomic mass is 16.5. The topological polar surface area (TPSA) is 143 Å². The first-order chi connectivity index (χ1) is 15.2. The zero-order chi connectivity index (χ0) is 23.2. The summed E-state index contributed by atoms with van der Waals surface area (Å²) in [6, 6.07) is 8.38. The molecular formula is C23H18N2O7. The first-order valence-corrected chi connectivity index (χ1v) is 9.52. The van der Waals surface area contributed by atoms with E-state index in [9.17, 15) is 24.9 Å². The number of carbonyl (C=O) groups is 1. The molecule has 2 heterocycles. The van der Waals surface area contributed by atoms with Crippen molar-refractivity contribution >= 4 is 16.9 Å². The smallest absolute Gasteiger partial charge is 0.364 e. The van der Waals surface area contributed by atoms with Crippen molar-refractivity contribution in [1.82, 2.24) is 9.97 Å². The summed E-state index contributed by atoms with van der Waals surface area (Å²) in [5.41, 5.74) is 1.74. The van der Waals surface area contributed by atoms with E-state index in [1.807, 2.05) is 0 Å². The van der Waals surface area contributed by atoms with Crippen LogP contribution in [0.3, 0.4) is 0 Å². The maximum absolute atomic E-state index is 12.5. The first-order valence-electron chi connectivity index (χ1n) is 9.52. The van der Waals surface area contributed by atoms with Gasteiger partial charge in [-0.15, -0.1) is 0 Å². The van der Waals surface area contributed by atoms with Gasteiger partial charge >= 0.3 is 5.97 Å². The van der Waals surface area contributed by atoms with Crippen molar-refractivity contribution in [3.05, 3.63) is 69.4 Å². The second-order valence-corrected chi connectivity index (χ2v) is 7.18. The molecule has 0 amide bonds. The second kappa shape index (κ2) is 7.69. The molecule has 0 saturated heterocycles. The van der Waals surface area contributed by atoms with Gasteiger partial charge in [0.05, 0.1) is 17.1 Å². The summed E-state index contributed by atoms with van der Waals surface area (Å²) in [6.07, 6.45) is 0. The molecule has 9 heteroatoms. The fourth-order valence-corrected chi connectivity index (χ4v) is 3.17. The zero-order valence-electron chi connectivity index (χ0n) is 17.3. The van der Waals surface area contributed by atoms with Gasteiger partial charge in [-0.25, -0.2) is 9.78 Å². The molecular weight excluding hydrogens is 416 g/mol. The van der Waals surface area contributed by atoms with Crippen LogP contribution in [0.1, 0.15) is 27.6 Å². The maximum atomic E-state index is 12.5. The van der Waals surface area contributed by atoms with Crippen molar-refractivity contribution in [3.63, 3.8) is 0 Å². The average molecular weight is 434 g/mol. The maximum Gasteiger partial charge on any atom is 0.364 e. The summed E-state index contributed by atoms with van der Waals surface area (Å²) in [7, 11) is 0. The molecule has 0 aliphatic carbocycles. The molecule has 0 spiro atoms. The Morgan fingerprint density at radius 3 is 2.25 bits per heavy atom. The molecule has 0 aliphatic rings. The van der Waals surface area contributed by atoms with Crippen molar-refractivity contribution < 1.29 is 29.3 Å². The lowest BCUT2D eigenvalue weighted by Crippen LogP contribution is -2.15. The third-order valence-corrected chi connectivity index (χ3v) is 4.97. The van der Waals surface area contributed by atoms with Crippen LogP contribution >= 0.6 is 0 Å². The number of aromatic hydroxyl groups is 3. The Morgan fingerprint density at radius 2 is 1.56 bits per heavy atom. The van der Waals surface area contributed by atoms with Gasteiger partial charge in [0.2, 0.25) is 5.75 Å². The van der Waals surface area contributed by atoms with Gasteiger partial charge in [0.15, 0.2) is 22.6 Å². The SMILES string of the molecule is Cc1nc(C)c(C(=O)Oc2ccc(-c3cc(=O)c4c(O)c(O)c(O)cc4o3)cc2)nc1C. The summed E-state index contributed by atoms with van der Waals surface area (Å²) in [5.74, 6) is -2.42. The molecule has 9 nitrogen and oxygen atoms in total. The Labute approximate surface area is 181 Å². The highest BCUT2D eigenvalue weighted by molar-refractivity contribution is 5.90. The number of phenolic OH excluding ortho intramolecular Hbond substituents is 3. The quantitative estimate of drug-likeness (QED) is 0.251. The van der Waals surface area contributed by atoms with Crippen molar-refractivity contribution in [1.29, 1.82) is 0 Å². The molecule has 2 aromatic carbocycles. The minimum absolute atomic E-state index is 0.0976. The van der Waals surface area contributed by atoms with Gasteiger partial charge < -0.3 is 24.5 Å². The number of fused-ring (bicyclic) bond motifs is 1. The molecule has 3 N–H and O–H groups in total. The number of aromatic nitrogens is 2. The molecule has 0 radical (unpaired) electrons. The predicted octanol–water partition coefficient (Wildman–Crippen LogP) is 3.51. The van der Waals surface area contributed by atoms with Gasteiger partial charge in [-0.1, -0.05) is 0 Å². The predicted molar refractivity (Wildman–Crippen MR) is 114 cm³/mol. The zero-order valence-corrected chi connectivity index (χ0v) is 17.3. The van der Waals surface area contributed by atoms with Gasteiger partial charge in [-0.05, 0) is 45.0 Å². The number of carbonyl (C=O) groups excluding carboxylic acids is 1. The fourth-order valence-electron chi connectivity index (χ4n) is 3.17. The lowest BCUT2D eigenvalue weighted by atomic mass is 10.1. The standard InChI is InChI=1S/C23H18N2O7/c1-10-11(2)25-20(12(3)24-10)23(30)31-14-6-4-13(5-7-14)17-8-15(26)19-18(32-17)9-16(27)21(28)22(19)29/h4-9,27-29H,1-3H3. The molecule has 32 heavy (non-hydrogen) atoms. The first kappa shape index (κ1) is 20.9. The van der Waals surface area contributed by atoms with E-state index >= 15 is 0 Å². The highest BCUT2D eigenvalue weighted by Gasteiger charge is 2.18. The van der Waals surface area contributed by atoms with Crippen molar-refractivity contribution in [2.45, 2.75) is 20.8 Å². The molecule has 0 aliphatic heterocycles. The molecule has 4 aromatic rings. The van der Waals surface area contributed by atoms with Crippen LogP contribution in [0.2, 0.25) is 0 Å². The van der Waals surface area contributed by atoms with Crippen LogP contribution in [0.5, 0.6) is 23.0 Å². The Bertz CT molecular complexity index is 1440. The number of phenols is 3. The fraction of sp³-hybridized carbons (Fsp3) is 0.130. The normalized spacial score (nSPS) is 11.0. The van der Waals surface area contributed by atoms with Crippen LogP contribution in [-0.2, 0) is 0 Å². The van der Waals surface area contributed by atoms with Gasteiger partial charge in [-0.3, -0.25) is 9.78 Å². The van der Waals surface area contributed by atoms with Gasteiger partial charge in [0, 0.05) is 17.7 Å². The van der Waals surface area contributed by atoms with Crippen LogP contribution in [0.15, 0.2) is 45.6 Å².